The Morgan fingerprint density at radius 1 is 1.21 bits per heavy atom. The van der Waals surface area contributed by atoms with E-state index < -0.39 is 0 Å². The van der Waals surface area contributed by atoms with E-state index in [0.29, 0.717) is 17.3 Å². The van der Waals surface area contributed by atoms with Crippen LogP contribution in [-0.2, 0) is 9.53 Å². The molecule has 0 aliphatic heterocycles. The molecule has 156 valence electrons. The van der Waals surface area contributed by atoms with Gasteiger partial charge in [-0.05, 0) is 80.6 Å². The Hall–Kier alpha value is -1.91. The van der Waals surface area contributed by atoms with Gasteiger partial charge >= 0.3 is 5.97 Å². The highest BCUT2D eigenvalue weighted by Gasteiger charge is 2.57. The van der Waals surface area contributed by atoms with Gasteiger partial charge in [-0.25, -0.2) is 4.68 Å². The van der Waals surface area contributed by atoms with Crippen LogP contribution in [0.1, 0.15) is 72.6 Å². The number of nitrogens with zero attached hydrogens (tertiary/aromatic N) is 3. The minimum Gasteiger partial charge on any atom is -0.463 e. The fourth-order valence-corrected chi connectivity index (χ4v) is 7.62. The van der Waals surface area contributed by atoms with Gasteiger partial charge in [-0.1, -0.05) is 30.7 Å². The molecule has 3 saturated carbocycles. The van der Waals surface area contributed by atoms with Gasteiger partial charge in [0.1, 0.15) is 6.10 Å². The summed E-state index contributed by atoms with van der Waals surface area (Å²) in [5.74, 6) is 1.95. The van der Waals surface area contributed by atoms with Crippen LogP contribution in [0.3, 0.4) is 0 Å². The summed E-state index contributed by atoms with van der Waals surface area (Å²) in [6.07, 6.45) is 14.6. The second-order valence-electron chi connectivity index (χ2n) is 10.3. The van der Waals surface area contributed by atoms with Gasteiger partial charge in [0.2, 0.25) is 0 Å². The normalized spacial score (nSPS) is 41.3. The lowest BCUT2D eigenvalue weighted by Crippen LogP contribution is -2.52. The number of carbonyl (C=O) groups excluding carboxylic acids is 1. The molecule has 1 heterocycles. The number of ether oxygens (including phenoxy) is 1. The van der Waals surface area contributed by atoms with Gasteiger partial charge in [0.15, 0.2) is 0 Å². The van der Waals surface area contributed by atoms with Crippen molar-refractivity contribution in [3.8, 4) is 0 Å². The Balaban J connectivity index is 1.42. The summed E-state index contributed by atoms with van der Waals surface area (Å²) >= 11 is 0. The third-order valence-electron chi connectivity index (χ3n) is 8.89. The maximum atomic E-state index is 11.5. The number of aromatic nitrogens is 3. The van der Waals surface area contributed by atoms with Crippen LogP contribution >= 0.6 is 0 Å². The van der Waals surface area contributed by atoms with Crippen molar-refractivity contribution in [1.82, 2.24) is 15.0 Å². The standard InChI is InChI=1S/C24H33N3O2/c1-15-13-21-19-6-5-17-14-18(29-16(2)28)7-9-23(17,3)20(19)8-10-24(21,4)22(15)27-12-11-25-26-27/h11-13,17-20H,5-10,14H2,1-4H3/t17-,18-,19+,20-,23-,24-/m0/s1. The van der Waals surface area contributed by atoms with Crippen molar-refractivity contribution < 1.29 is 9.53 Å². The number of allylic oxidation sites excluding steroid dienone is 4. The Bertz CT molecular complexity index is 886. The van der Waals surface area contributed by atoms with E-state index in [1.807, 2.05) is 10.9 Å². The summed E-state index contributed by atoms with van der Waals surface area (Å²) < 4.78 is 7.60. The van der Waals surface area contributed by atoms with E-state index in [1.54, 1.807) is 18.7 Å². The highest BCUT2D eigenvalue weighted by atomic mass is 16.5. The zero-order valence-electron chi connectivity index (χ0n) is 18.1. The molecule has 4 aliphatic rings. The molecule has 0 bridgehead atoms. The van der Waals surface area contributed by atoms with Gasteiger partial charge in [-0.15, -0.1) is 5.10 Å². The Kier molecular flexibility index (Phi) is 4.31. The predicted molar refractivity (Wildman–Crippen MR) is 112 cm³/mol. The molecule has 0 saturated heterocycles. The molecule has 29 heavy (non-hydrogen) atoms. The molecule has 1 aromatic heterocycles. The molecule has 5 nitrogen and oxygen atoms in total. The monoisotopic (exact) mass is 395 g/mol. The average Bonchev–Trinajstić information content (AvgIpc) is 3.26. The highest BCUT2D eigenvalue weighted by Crippen LogP contribution is 2.66. The lowest BCUT2D eigenvalue weighted by Gasteiger charge is -2.59. The molecular formula is C24H33N3O2. The molecule has 6 atom stereocenters. The van der Waals surface area contributed by atoms with E-state index in [1.165, 1.54) is 43.4 Å². The van der Waals surface area contributed by atoms with Gasteiger partial charge in [0.25, 0.3) is 0 Å². The topological polar surface area (TPSA) is 57.0 Å². The molecule has 0 unspecified atom stereocenters. The molecule has 0 radical (unpaired) electrons. The number of esters is 1. The summed E-state index contributed by atoms with van der Waals surface area (Å²) in [5, 5.41) is 8.40. The van der Waals surface area contributed by atoms with Crippen LogP contribution in [0, 0.1) is 28.6 Å². The molecule has 0 amide bonds. The number of hydrogen-bond acceptors (Lipinski definition) is 4. The van der Waals surface area contributed by atoms with E-state index >= 15 is 0 Å². The molecular weight excluding hydrogens is 362 g/mol. The van der Waals surface area contributed by atoms with Crippen molar-refractivity contribution in [1.29, 1.82) is 0 Å². The molecule has 1 aromatic rings. The van der Waals surface area contributed by atoms with E-state index in [9.17, 15) is 4.79 Å². The Labute approximate surface area is 173 Å². The van der Waals surface area contributed by atoms with Crippen LogP contribution < -0.4 is 0 Å². The van der Waals surface area contributed by atoms with Gasteiger partial charge in [-0.2, -0.15) is 0 Å². The summed E-state index contributed by atoms with van der Waals surface area (Å²) in [6.45, 7) is 8.74. The Morgan fingerprint density at radius 2 is 2.03 bits per heavy atom. The minimum absolute atomic E-state index is 0.0804. The molecule has 0 N–H and O–H groups in total. The smallest absolute Gasteiger partial charge is 0.302 e. The second-order valence-corrected chi connectivity index (χ2v) is 10.3. The fraction of sp³-hybridized carbons (Fsp3) is 0.708. The van der Waals surface area contributed by atoms with Crippen molar-refractivity contribution in [3.05, 3.63) is 29.6 Å². The lowest BCUT2D eigenvalue weighted by molar-refractivity contribution is -0.154. The first kappa shape index (κ1) is 19.1. The summed E-state index contributed by atoms with van der Waals surface area (Å²) in [7, 11) is 0. The van der Waals surface area contributed by atoms with Crippen molar-refractivity contribution in [2.75, 3.05) is 0 Å². The third kappa shape index (κ3) is 2.76. The van der Waals surface area contributed by atoms with Gasteiger partial charge in [-0.3, -0.25) is 4.79 Å². The van der Waals surface area contributed by atoms with E-state index in [-0.39, 0.29) is 17.5 Å². The van der Waals surface area contributed by atoms with E-state index in [0.717, 1.165) is 18.8 Å². The summed E-state index contributed by atoms with van der Waals surface area (Å²) in [4.78, 5) is 11.5. The van der Waals surface area contributed by atoms with Gasteiger partial charge < -0.3 is 4.74 Å². The summed E-state index contributed by atoms with van der Waals surface area (Å²) in [6, 6.07) is 0. The number of hydrogen-bond donors (Lipinski definition) is 0. The van der Waals surface area contributed by atoms with E-state index in [4.69, 9.17) is 4.74 Å². The Morgan fingerprint density at radius 3 is 2.76 bits per heavy atom. The van der Waals surface area contributed by atoms with Crippen LogP contribution in [0.5, 0.6) is 0 Å². The average molecular weight is 396 g/mol. The molecule has 5 heteroatoms. The zero-order valence-corrected chi connectivity index (χ0v) is 18.1. The SMILES string of the molecule is CC(=O)O[C@H]1CC[C@@]2(C)[C@@H](CC[C@H]3C4=CC(C)=C(n5ccnn5)[C@@]4(C)CC[C@@H]32)C1. The van der Waals surface area contributed by atoms with Gasteiger partial charge in [0.05, 0.1) is 18.1 Å². The second kappa shape index (κ2) is 6.55. The molecule has 0 spiro atoms. The van der Waals surface area contributed by atoms with Crippen LogP contribution in [0.2, 0.25) is 0 Å². The summed E-state index contributed by atoms with van der Waals surface area (Å²) in [5.41, 5.74) is 4.76. The van der Waals surface area contributed by atoms with Crippen LogP contribution in [-0.4, -0.2) is 27.1 Å². The first-order valence-corrected chi connectivity index (χ1v) is 11.3. The highest BCUT2D eigenvalue weighted by molar-refractivity contribution is 5.69. The maximum absolute atomic E-state index is 11.5. The van der Waals surface area contributed by atoms with Crippen LogP contribution in [0.25, 0.3) is 5.70 Å². The van der Waals surface area contributed by atoms with Crippen LogP contribution in [0.15, 0.2) is 29.6 Å². The van der Waals surface area contributed by atoms with Crippen molar-refractivity contribution in [3.63, 3.8) is 0 Å². The van der Waals surface area contributed by atoms with Crippen molar-refractivity contribution >= 4 is 11.7 Å². The van der Waals surface area contributed by atoms with Crippen molar-refractivity contribution in [2.45, 2.75) is 78.7 Å². The first-order valence-electron chi connectivity index (χ1n) is 11.3. The molecule has 3 fully saturated rings. The molecule has 4 aliphatic carbocycles. The largest absolute Gasteiger partial charge is 0.463 e. The first-order chi connectivity index (χ1) is 13.8. The quantitative estimate of drug-likeness (QED) is 0.660. The third-order valence-corrected chi connectivity index (χ3v) is 8.89. The van der Waals surface area contributed by atoms with Gasteiger partial charge in [0, 0.05) is 12.3 Å². The number of fused-ring (bicyclic) bond motifs is 5. The number of rotatable bonds is 2. The lowest BCUT2D eigenvalue weighted by atomic mass is 9.46. The van der Waals surface area contributed by atoms with E-state index in [2.05, 4.69) is 37.2 Å². The van der Waals surface area contributed by atoms with Crippen molar-refractivity contribution in [2.24, 2.45) is 28.6 Å². The number of carbonyl (C=O) groups is 1. The fourth-order valence-electron chi connectivity index (χ4n) is 7.62. The predicted octanol–water partition coefficient (Wildman–Crippen LogP) is 5.01. The zero-order chi connectivity index (χ0) is 20.4. The van der Waals surface area contributed by atoms with Crippen LogP contribution in [0.4, 0.5) is 0 Å². The molecule has 5 rings (SSSR count). The molecule has 0 aromatic carbocycles. The maximum Gasteiger partial charge on any atom is 0.302 e. The minimum atomic E-state index is -0.126.